The van der Waals surface area contributed by atoms with Crippen molar-refractivity contribution in [2.75, 3.05) is 0 Å². The summed E-state index contributed by atoms with van der Waals surface area (Å²) >= 11 is 0. The first-order valence-electron chi connectivity index (χ1n) is 7.90. The molecule has 0 amide bonds. The number of halogens is 14. The van der Waals surface area contributed by atoms with E-state index in [0.29, 0.717) is 12.1 Å². The molecule has 1 aromatic carbocycles. The summed E-state index contributed by atoms with van der Waals surface area (Å²) in [6.45, 7) is -0.0336. The van der Waals surface area contributed by atoms with Gasteiger partial charge in [0.05, 0.1) is 11.2 Å². The van der Waals surface area contributed by atoms with Crippen LogP contribution in [-0.4, -0.2) is 40.4 Å². The molecule has 0 aliphatic heterocycles. The molecule has 1 fully saturated rings. The molecule has 1 aliphatic rings. The van der Waals surface area contributed by atoms with Gasteiger partial charge in [-0.2, -0.15) is 57.1 Å². The fourth-order valence-electron chi connectivity index (χ4n) is 3.28. The molecule has 1 atom stereocenters. The van der Waals surface area contributed by atoms with Gasteiger partial charge >= 0.3 is 35.8 Å². The molecule has 2 rings (SSSR count). The fourth-order valence-corrected chi connectivity index (χ4v) is 3.28. The highest BCUT2D eigenvalue weighted by molar-refractivity contribution is 5.36. The Morgan fingerprint density at radius 2 is 0.968 bits per heavy atom. The van der Waals surface area contributed by atoms with Crippen LogP contribution in [0.5, 0.6) is 0 Å². The number of rotatable bonds is 3. The Kier molecular flexibility index (Phi) is 5.24. The van der Waals surface area contributed by atoms with Gasteiger partial charge in [0.1, 0.15) is 0 Å². The molecular weight excluding hydrogens is 474 g/mol. The summed E-state index contributed by atoms with van der Waals surface area (Å²) in [5.41, 5.74) is -14.1. The molecule has 31 heavy (non-hydrogen) atoms. The SMILES string of the molecule is CC(O)(CC1(F)C(F)(F)C(F)(F)C(F)(F)C(F)(F)C1(F)F)c1ccccc1C(F)(F)F. The standard InChI is InChI=1S/C16H10F14O/c1-9(31,7-4-2-3-5-8(7)11(18,19)20)6-10(17)12(21,22)14(25,26)16(29,30)15(27,28)13(10,23)24/h2-5,31H,6H2,1H3. The molecule has 0 aromatic heterocycles. The van der Waals surface area contributed by atoms with E-state index in [1.165, 1.54) is 0 Å². The second-order valence-electron chi connectivity index (χ2n) is 7.17. The predicted molar refractivity (Wildman–Crippen MR) is 74.2 cm³/mol. The number of benzene rings is 1. The largest absolute Gasteiger partial charge is 0.416 e. The van der Waals surface area contributed by atoms with E-state index in [4.69, 9.17) is 0 Å². The van der Waals surface area contributed by atoms with Crippen molar-refractivity contribution in [1.29, 1.82) is 0 Å². The number of aliphatic hydroxyl groups is 1. The average Bonchev–Trinajstić information content (AvgIpc) is 2.58. The van der Waals surface area contributed by atoms with E-state index in [1.807, 2.05) is 0 Å². The van der Waals surface area contributed by atoms with E-state index in [0.717, 1.165) is 0 Å². The van der Waals surface area contributed by atoms with Crippen LogP contribution in [0.25, 0.3) is 0 Å². The maximum absolute atomic E-state index is 14.8. The lowest BCUT2D eigenvalue weighted by Gasteiger charge is -2.53. The summed E-state index contributed by atoms with van der Waals surface area (Å²) in [5.74, 6) is -36.8. The monoisotopic (exact) mass is 484 g/mol. The van der Waals surface area contributed by atoms with Crippen molar-refractivity contribution in [3.63, 3.8) is 0 Å². The van der Waals surface area contributed by atoms with Gasteiger partial charge in [-0.05, 0) is 18.6 Å². The first-order valence-corrected chi connectivity index (χ1v) is 7.90. The smallest absolute Gasteiger partial charge is 0.385 e. The third-order valence-corrected chi connectivity index (χ3v) is 4.97. The zero-order valence-corrected chi connectivity index (χ0v) is 14.8. The maximum Gasteiger partial charge on any atom is 0.416 e. The molecule has 1 N–H and O–H groups in total. The van der Waals surface area contributed by atoms with Gasteiger partial charge < -0.3 is 5.11 Å². The molecule has 0 heterocycles. The molecule has 0 radical (unpaired) electrons. The van der Waals surface area contributed by atoms with E-state index in [9.17, 15) is 66.6 Å². The highest BCUT2D eigenvalue weighted by atomic mass is 19.4. The summed E-state index contributed by atoms with van der Waals surface area (Å²) in [7, 11) is 0. The lowest BCUT2D eigenvalue weighted by Crippen LogP contribution is -2.84. The van der Waals surface area contributed by atoms with Crippen molar-refractivity contribution in [2.24, 2.45) is 0 Å². The molecule has 0 spiro atoms. The summed E-state index contributed by atoms with van der Waals surface area (Å²) in [5, 5.41) is 10.1. The summed E-state index contributed by atoms with van der Waals surface area (Å²) in [6.07, 6.45) is -8.66. The molecular formula is C16H10F14O. The molecule has 0 saturated heterocycles. The van der Waals surface area contributed by atoms with Crippen molar-refractivity contribution in [2.45, 2.75) is 60.4 Å². The molecule has 1 nitrogen and oxygen atoms in total. The van der Waals surface area contributed by atoms with Gasteiger partial charge in [-0.3, -0.25) is 0 Å². The van der Waals surface area contributed by atoms with E-state index in [-0.39, 0.29) is 19.1 Å². The Morgan fingerprint density at radius 3 is 1.32 bits per heavy atom. The van der Waals surface area contributed by atoms with Crippen LogP contribution in [0.4, 0.5) is 61.5 Å². The number of hydrogen-bond acceptors (Lipinski definition) is 1. The number of alkyl halides is 14. The minimum atomic E-state index is -7.46. The van der Waals surface area contributed by atoms with Crippen LogP contribution in [0, 0.1) is 0 Å². The van der Waals surface area contributed by atoms with Crippen LogP contribution < -0.4 is 0 Å². The first-order chi connectivity index (χ1) is 13.4. The Bertz CT molecular complexity index is 824. The molecule has 1 saturated carbocycles. The van der Waals surface area contributed by atoms with Crippen molar-refractivity contribution in [3.05, 3.63) is 35.4 Å². The van der Waals surface area contributed by atoms with Crippen LogP contribution >= 0.6 is 0 Å². The Morgan fingerprint density at radius 1 is 0.645 bits per heavy atom. The van der Waals surface area contributed by atoms with Gasteiger partial charge in [-0.1, -0.05) is 18.2 Å². The van der Waals surface area contributed by atoms with Gasteiger partial charge in [0.15, 0.2) is 0 Å². The lowest BCUT2D eigenvalue weighted by molar-refractivity contribution is -0.488. The van der Waals surface area contributed by atoms with Gasteiger partial charge in [0.25, 0.3) is 5.67 Å². The Balaban J connectivity index is 2.78. The van der Waals surface area contributed by atoms with Crippen LogP contribution in [0.1, 0.15) is 24.5 Å². The van der Waals surface area contributed by atoms with Gasteiger partial charge in [0.2, 0.25) is 0 Å². The summed E-state index contributed by atoms with van der Waals surface area (Å²) in [4.78, 5) is 0. The zero-order chi connectivity index (χ0) is 24.7. The lowest BCUT2D eigenvalue weighted by atomic mass is 9.67. The second kappa shape index (κ2) is 6.38. The third kappa shape index (κ3) is 2.94. The van der Waals surface area contributed by atoms with Gasteiger partial charge in [-0.15, -0.1) is 0 Å². The van der Waals surface area contributed by atoms with Crippen molar-refractivity contribution in [1.82, 2.24) is 0 Å². The Hall–Kier alpha value is -1.80. The van der Waals surface area contributed by atoms with Crippen LogP contribution in [0.3, 0.4) is 0 Å². The topological polar surface area (TPSA) is 20.2 Å². The fraction of sp³-hybridized carbons (Fsp3) is 0.625. The predicted octanol–water partition coefficient (Wildman–Crippen LogP) is 6.20. The van der Waals surface area contributed by atoms with Crippen molar-refractivity contribution < 1.29 is 66.6 Å². The number of hydrogen-bond donors (Lipinski definition) is 1. The molecule has 1 unspecified atom stereocenters. The maximum atomic E-state index is 14.8. The minimum absolute atomic E-state index is 0.0336. The minimum Gasteiger partial charge on any atom is -0.385 e. The van der Waals surface area contributed by atoms with Crippen LogP contribution in [-0.2, 0) is 11.8 Å². The molecule has 1 aliphatic carbocycles. The Labute approximate surface area is 163 Å². The van der Waals surface area contributed by atoms with Gasteiger partial charge in [0, 0.05) is 6.42 Å². The van der Waals surface area contributed by atoms with E-state index in [1.54, 1.807) is 0 Å². The molecule has 0 bridgehead atoms. The highest BCUT2D eigenvalue weighted by Gasteiger charge is 3.01. The van der Waals surface area contributed by atoms with E-state index < -0.39 is 64.6 Å². The highest BCUT2D eigenvalue weighted by Crippen LogP contribution is 2.71. The molecule has 15 heteroatoms. The summed E-state index contributed by atoms with van der Waals surface area (Å²) < 4.78 is 191. The quantitative estimate of drug-likeness (QED) is 0.507. The van der Waals surface area contributed by atoms with Gasteiger partial charge in [-0.25, -0.2) is 4.39 Å². The second-order valence-corrected chi connectivity index (χ2v) is 7.17. The van der Waals surface area contributed by atoms with Crippen LogP contribution in [0.15, 0.2) is 24.3 Å². The van der Waals surface area contributed by atoms with E-state index in [2.05, 4.69) is 0 Å². The zero-order valence-electron chi connectivity index (χ0n) is 14.8. The van der Waals surface area contributed by atoms with E-state index >= 15 is 0 Å². The van der Waals surface area contributed by atoms with Crippen LogP contribution in [0.2, 0.25) is 0 Å². The molecule has 1 aromatic rings. The molecule has 178 valence electrons. The average molecular weight is 484 g/mol. The van der Waals surface area contributed by atoms with Crippen molar-refractivity contribution in [3.8, 4) is 0 Å². The first kappa shape index (κ1) is 25.5. The summed E-state index contributed by atoms with van der Waals surface area (Å²) in [6, 6.07) is 1.72. The third-order valence-electron chi connectivity index (χ3n) is 4.97. The van der Waals surface area contributed by atoms with Crippen molar-refractivity contribution >= 4 is 0 Å². The normalized spacial score (nSPS) is 27.4.